The first-order valence-corrected chi connectivity index (χ1v) is 8.36. The molecule has 0 bridgehead atoms. The first kappa shape index (κ1) is 16.7. The van der Waals surface area contributed by atoms with Gasteiger partial charge in [0.15, 0.2) is 12.2 Å². The van der Waals surface area contributed by atoms with E-state index in [1.807, 2.05) is 36.4 Å². The van der Waals surface area contributed by atoms with Crippen LogP contribution in [0.5, 0.6) is 11.5 Å². The van der Waals surface area contributed by atoms with E-state index in [1.54, 1.807) is 30.3 Å². The van der Waals surface area contributed by atoms with Gasteiger partial charge in [-0.1, -0.05) is 30.3 Å². The zero-order valence-electron chi connectivity index (χ0n) is 14.3. The molecule has 0 atom stereocenters. The lowest BCUT2D eigenvalue weighted by Gasteiger charge is -2.09. The van der Waals surface area contributed by atoms with Crippen LogP contribution < -0.4 is 10.1 Å². The van der Waals surface area contributed by atoms with Crippen molar-refractivity contribution < 1.29 is 19.1 Å². The van der Waals surface area contributed by atoms with Crippen LogP contribution in [0.4, 0.5) is 5.69 Å². The van der Waals surface area contributed by atoms with Crippen molar-refractivity contribution in [2.45, 2.75) is 0 Å². The maximum absolute atomic E-state index is 12.1. The van der Waals surface area contributed by atoms with E-state index in [9.17, 15) is 9.90 Å². The van der Waals surface area contributed by atoms with Gasteiger partial charge in [0.25, 0.3) is 5.91 Å². The molecule has 0 fully saturated rings. The Morgan fingerprint density at radius 1 is 1.04 bits per heavy atom. The number of ether oxygens (including phenoxy) is 1. The number of benzene rings is 3. The summed E-state index contributed by atoms with van der Waals surface area (Å²) < 4.78 is 11.1. The third kappa shape index (κ3) is 3.74. The number of oxazole rings is 1. The van der Waals surface area contributed by atoms with Crippen LogP contribution in [-0.2, 0) is 4.79 Å². The highest BCUT2D eigenvalue weighted by Gasteiger charge is 2.14. The minimum atomic E-state index is -0.312. The Bertz CT molecular complexity index is 1060. The largest absolute Gasteiger partial charge is 0.507 e. The van der Waals surface area contributed by atoms with Crippen LogP contribution in [0.3, 0.4) is 0 Å². The van der Waals surface area contributed by atoms with Crippen molar-refractivity contribution in [3.8, 4) is 23.0 Å². The number of amides is 1. The summed E-state index contributed by atoms with van der Waals surface area (Å²) in [5, 5.41) is 12.9. The van der Waals surface area contributed by atoms with Gasteiger partial charge in [-0.15, -0.1) is 0 Å². The summed E-state index contributed by atoms with van der Waals surface area (Å²) in [6, 6.07) is 21.1. The number of nitrogens with zero attached hydrogens (tertiary/aromatic N) is 1. The van der Waals surface area contributed by atoms with Crippen molar-refractivity contribution >= 4 is 22.7 Å². The van der Waals surface area contributed by atoms with Gasteiger partial charge in [0.05, 0.1) is 5.56 Å². The Morgan fingerprint density at radius 3 is 2.63 bits per heavy atom. The number of rotatable bonds is 5. The van der Waals surface area contributed by atoms with Crippen LogP contribution in [0.15, 0.2) is 77.2 Å². The number of hydrogen-bond acceptors (Lipinski definition) is 5. The van der Waals surface area contributed by atoms with E-state index in [0.29, 0.717) is 28.1 Å². The SMILES string of the molecule is O=C(COc1ccccc1)Nc1ccc(O)c(-c2nc3ccccc3o2)c1. The lowest BCUT2D eigenvalue weighted by atomic mass is 10.1. The molecule has 0 saturated heterocycles. The van der Waals surface area contributed by atoms with Crippen LogP contribution in [-0.4, -0.2) is 22.6 Å². The Balaban J connectivity index is 1.51. The van der Waals surface area contributed by atoms with Crippen LogP contribution in [0.1, 0.15) is 0 Å². The van der Waals surface area contributed by atoms with Gasteiger partial charge in [0, 0.05) is 5.69 Å². The molecule has 0 saturated carbocycles. The maximum atomic E-state index is 12.1. The standard InChI is InChI=1S/C21H16N2O4/c24-18-11-10-14(22-20(25)13-26-15-6-2-1-3-7-15)12-16(18)21-23-17-8-4-5-9-19(17)27-21/h1-12,24H,13H2,(H,22,25). The van der Waals surface area contributed by atoms with Gasteiger partial charge in [-0.05, 0) is 42.5 Å². The van der Waals surface area contributed by atoms with Crippen LogP contribution in [0, 0.1) is 0 Å². The minimum absolute atomic E-state index is 0.0140. The summed E-state index contributed by atoms with van der Waals surface area (Å²) in [7, 11) is 0. The van der Waals surface area contributed by atoms with E-state index in [2.05, 4.69) is 10.3 Å². The number of phenolic OH excluding ortho intramolecular Hbond substituents is 1. The molecule has 0 unspecified atom stereocenters. The second-order valence-corrected chi connectivity index (χ2v) is 5.87. The first-order chi connectivity index (χ1) is 13.2. The lowest BCUT2D eigenvalue weighted by Crippen LogP contribution is -2.20. The fourth-order valence-electron chi connectivity index (χ4n) is 2.64. The van der Waals surface area contributed by atoms with E-state index < -0.39 is 0 Å². The third-order valence-electron chi connectivity index (χ3n) is 3.92. The molecule has 0 aliphatic heterocycles. The molecule has 6 heteroatoms. The van der Waals surface area contributed by atoms with Crippen LogP contribution in [0.2, 0.25) is 0 Å². The molecule has 3 aromatic carbocycles. The minimum Gasteiger partial charge on any atom is -0.507 e. The van der Waals surface area contributed by atoms with E-state index >= 15 is 0 Å². The predicted octanol–water partition coefficient (Wildman–Crippen LogP) is 4.22. The highest BCUT2D eigenvalue weighted by molar-refractivity contribution is 5.93. The number of phenols is 1. The van der Waals surface area contributed by atoms with Crippen LogP contribution >= 0.6 is 0 Å². The molecule has 2 N–H and O–H groups in total. The smallest absolute Gasteiger partial charge is 0.262 e. The van der Waals surface area contributed by atoms with E-state index in [0.717, 1.165) is 0 Å². The number of carbonyl (C=O) groups excluding carboxylic acids is 1. The summed E-state index contributed by atoms with van der Waals surface area (Å²) in [6.07, 6.45) is 0. The second-order valence-electron chi connectivity index (χ2n) is 5.87. The fourth-order valence-corrected chi connectivity index (χ4v) is 2.64. The van der Waals surface area contributed by atoms with Crippen molar-refractivity contribution in [2.24, 2.45) is 0 Å². The maximum Gasteiger partial charge on any atom is 0.262 e. The molecule has 0 spiro atoms. The molecule has 1 aromatic heterocycles. The van der Waals surface area contributed by atoms with Gasteiger partial charge in [-0.2, -0.15) is 0 Å². The van der Waals surface area contributed by atoms with Crippen molar-refractivity contribution in [3.05, 3.63) is 72.8 Å². The van der Waals surface area contributed by atoms with Crippen LogP contribution in [0.25, 0.3) is 22.6 Å². The summed E-state index contributed by atoms with van der Waals surface area (Å²) in [5.74, 6) is 0.601. The molecule has 4 rings (SSSR count). The van der Waals surface area contributed by atoms with Gasteiger partial charge in [-0.3, -0.25) is 4.79 Å². The zero-order chi connectivity index (χ0) is 18.6. The van der Waals surface area contributed by atoms with Gasteiger partial charge in [0.2, 0.25) is 5.89 Å². The topological polar surface area (TPSA) is 84.6 Å². The summed E-state index contributed by atoms with van der Waals surface area (Å²) in [6.45, 7) is -0.122. The molecule has 134 valence electrons. The van der Waals surface area contributed by atoms with Gasteiger partial charge in [-0.25, -0.2) is 4.98 Å². The van der Waals surface area contributed by atoms with E-state index in [4.69, 9.17) is 9.15 Å². The molecule has 0 radical (unpaired) electrons. The molecular formula is C21H16N2O4. The summed E-state index contributed by atoms with van der Waals surface area (Å²) >= 11 is 0. The molecule has 0 aliphatic rings. The highest BCUT2D eigenvalue weighted by Crippen LogP contribution is 2.33. The number of anilines is 1. The number of carbonyl (C=O) groups is 1. The Morgan fingerprint density at radius 2 is 1.81 bits per heavy atom. The lowest BCUT2D eigenvalue weighted by molar-refractivity contribution is -0.118. The quantitative estimate of drug-likeness (QED) is 0.521. The van der Waals surface area contributed by atoms with Gasteiger partial charge >= 0.3 is 0 Å². The Hall–Kier alpha value is -3.80. The number of hydrogen-bond donors (Lipinski definition) is 2. The van der Waals surface area contributed by atoms with Crippen molar-refractivity contribution in [3.63, 3.8) is 0 Å². The monoisotopic (exact) mass is 360 g/mol. The third-order valence-corrected chi connectivity index (χ3v) is 3.92. The average Bonchev–Trinajstić information content (AvgIpc) is 3.13. The van der Waals surface area contributed by atoms with Gasteiger partial charge in [0.1, 0.15) is 17.0 Å². The molecule has 0 aliphatic carbocycles. The number of aromatic hydroxyl groups is 1. The summed E-state index contributed by atoms with van der Waals surface area (Å²) in [5.41, 5.74) is 2.22. The normalized spacial score (nSPS) is 10.7. The number of para-hydroxylation sites is 3. The molecule has 4 aromatic rings. The Kier molecular flexibility index (Phi) is 4.45. The second kappa shape index (κ2) is 7.21. The predicted molar refractivity (Wildman–Crippen MR) is 102 cm³/mol. The fraction of sp³-hybridized carbons (Fsp3) is 0.0476. The Labute approximate surface area is 155 Å². The van der Waals surface area contributed by atoms with E-state index in [-0.39, 0.29) is 24.2 Å². The molecule has 27 heavy (non-hydrogen) atoms. The zero-order valence-corrected chi connectivity index (χ0v) is 14.3. The van der Waals surface area contributed by atoms with Crippen molar-refractivity contribution in [1.29, 1.82) is 0 Å². The molecule has 1 amide bonds. The molecular weight excluding hydrogens is 344 g/mol. The average molecular weight is 360 g/mol. The van der Waals surface area contributed by atoms with Crippen molar-refractivity contribution in [2.75, 3.05) is 11.9 Å². The number of fused-ring (bicyclic) bond motifs is 1. The number of nitrogens with one attached hydrogen (secondary N) is 1. The molecule has 1 heterocycles. The van der Waals surface area contributed by atoms with E-state index in [1.165, 1.54) is 6.07 Å². The van der Waals surface area contributed by atoms with Crippen molar-refractivity contribution in [1.82, 2.24) is 4.98 Å². The highest BCUT2D eigenvalue weighted by atomic mass is 16.5. The first-order valence-electron chi connectivity index (χ1n) is 8.36. The van der Waals surface area contributed by atoms with Gasteiger partial charge < -0.3 is 19.6 Å². The summed E-state index contributed by atoms with van der Waals surface area (Å²) in [4.78, 5) is 16.5. The number of aromatic nitrogens is 1. The molecule has 6 nitrogen and oxygen atoms in total.